The first-order valence-corrected chi connectivity index (χ1v) is 4.08. The van der Waals surface area contributed by atoms with Crippen LogP contribution in [0.4, 0.5) is 4.39 Å². The molecule has 0 radical (unpaired) electrons. The fourth-order valence-electron chi connectivity index (χ4n) is 0.853. The van der Waals surface area contributed by atoms with Gasteiger partial charge in [-0.25, -0.2) is 0 Å². The van der Waals surface area contributed by atoms with Gasteiger partial charge in [0.05, 0.1) is 13.3 Å². The molecule has 0 bridgehead atoms. The summed E-state index contributed by atoms with van der Waals surface area (Å²) in [5.74, 6) is 0.802. The number of unbranched alkanes of at least 4 members (excludes halogenated alkanes) is 1. The van der Waals surface area contributed by atoms with Crippen molar-refractivity contribution in [1.29, 1.82) is 0 Å². The normalized spacial score (nSPS) is 8.36. The van der Waals surface area contributed by atoms with Gasteiger partial charge in [-0.05, 0) is 12.8 Å². The molecule has 4 heteroatoms. The van der Waals surface area contributed by atoms with Crippen LogP contribution in [0.2, 0.25) is 0 Å². The molecule has 1 aromatic rings. The molecule has 0 saturated heterocycles. The quantitative estimate of drug-likeness (QED) is 0.389. The summed E-state index contributed by atoms with van der Waals surface area (Å²) in [6, 6.07) is 10.2. The van der Waals surface area contributed by atoms with Crippen LogP contribution in [-0.4, -0.2) is 36.3 Å². The molecule has 0 aliphatic carbocycles. The minimum absolute atomic E-state index is 0. The number of benzene rings is 1. The summed E-state index contributed by atoms with van der Waals surface area (Å²) in [6.45, 7) is 0.325. The third kappa shape index (κ3) is 7.59. The molecule has 14 heavy (non-hydrogen) atoms. The molecule has 0 saturated carbocycles. The van der Waals surface area contributed by atoms with Crippen molar-refractivity contribution in [2.24, 2.45) is 0 Å². The van der Waals surface area contributed by atoms with E-state index in [-0.39, 0.29) is 46.7 Å². The van der Waals surface area contributed by atoms with E-state index in [1.807, 2.05) is 18.2 Å². The molecule has 0 amide bonds. The van der Waals surface area contributed by atoms with Crippen molar-refractivity contribution in [3.63, 3.8) is 0 Å². The maximum absolute atomic E-state index is 11.7. The number of ether oxygens (including phenoxy) is 1. The number of halogens is 2. The Labute approximate surface area is 111 Å². The predicted molar refractivity (Wildman–Crippen MR) is 51.7 cm³/mol. The minimum atomic E-state index is -0.260. The van der Waals surface area contributed by atoms with Crippen LogP contribution in [0, 0.1) is 6.07 Å². The largest absolute Gasteiger partial charge is 2.00 e. The van der Waals surface area contributed by atoms with Crippen LogP contribution in [0.3, 0.4) is 0 Å². The molecule has 0 spiro atoms. The van der Waals surface area contributed by atoms with E-state index in [4.69, 9.17) is 4.74 Å². The van der Waals surface area contributed by atoms with Crippen molar-refractivity contribution in [2.75, 3.05) is 13.3 Å². The van der Waals surface area contributed by atoms with Gasteiger partial charge in [-0.2, -0.15) is 18.2 Å². The van der Waals surface area contributed by atoms with Gasteiger partial charge in [0.15, 0.2) is 0 Å². The maximum Gasteiger partial charge on any atom is 2.00 e. The Morgan fingerprint density at radius 3 is 2.71 bits per heavy atom. The number of hydrogen-bond acceptors (Lipinski definition) is 1. The molecule has 0 N–H and O–H groups in total. The van der Waals surface area contributed by atoms with Crippen LogP contribution < -0.4 is 21.7 Å². The van der Waals surface area contributed by atoms with Crippen molar-refractivity contribution < 1.29 is 26.1 Å². The van der Waals surface area contributed by atoms with Crippen molar-refractivity contribution in [2.45, 2.75) is 12.8 Å². The van der Waals surface area contributed by atoms with E-state index in [0.717, 1.165) is 12.2 Å². The standard InChI is InChI=1S/C10H12FO.BrH.Mg/c11-8-4-5-9-12-10-6-2-1-3-7-10;;/h1-2,6-7H,4-5,8-9H2;1H;/q-1;;+2/p-1. The number of alkyl halides is 1. The van der Waals surface area contributed by atoms with Crippen LogP contribution in [0.1, 0.15) is 12.8 Å². The summed E-state index contributed by atoms with van der Waals surface area (Å²) in [5.41, 5.74) is 0. The van der Waals surface area contributed by atoms with Crippen LogP contribution in [0.15, 0.2) is 24.3 Å². The Bertz CT molecular complexity index is 209. The van der Waals surface area contributed by atoms with Crippen LogP contribution in [-0.2, 0) is 0 Å². The van der Waals surface area contributed by atoms with Gasteiger partial charge in [-0.3, -0.25) is 4.39 Å². The van der Waals surface area contributed by atoms with Gasteiger partial charge < -0.3 is 21.7 Å². The molecule has 0 aromatic heterocycles. The van der Waals surface area contributed by atoms with Gasteiger partial charge >= 0.3 is 23.1 Å². The van der Waals surface area contributed by atoms with Crippen LogP contribution in [0.5, 0.6) is 5.75 Å². The Hall–Kier alpha value is 0.196. The van der Waals surface area contributed by atoms with Crippen LogP contribution >= 0.6 is 0 Å². The third-order valence-electron chi connectivity index (χ3n) is 1.48. The molecule has 0 aliphatic heterocycles. The van der Waals surface area contributed by atoms with E-state index >= 15 is 0 Å². The van der Waals surface area contributed by atoms with E-state index < -0.39 is 0 Å². The second-order valence-electron chi connectivity index (χ2n) is 2.48. The Balaban J connectivity index is 0. The van der Waals surface area contributed by atoms with E-state index in [1.165, 1.54) is 0 Å². The van der Waals surface area contributed by atoms with Gasteiger partial charge in [-0.1, -0.05) is 0 Å². The molecule has 0 unspecified atom stereocenters. The van der Waals surface area contributed by atoms with Crippen molar-refractivity contribution in [3.8, 4) is 5.75 Å². The molecule has 0 atom stereocenters. The fourth-order valence-corrected chi connectivity index (χ4v) is 0.853. The smallest absolute Gasteiger partial charge is 1.00 e. The molecule has 74 valence electrons. The molecule has 1 rings (SSSR count). The summed E-state index contributed by atoms with van der Waals surface area (Å²) >= 11 is 0. The van der Waals surface area contributed by atoms with Gasteiger partial charge in [0.25, 0.3) is 0 Å². The molecule has 0 fully saturated rings. The molecule has 1 nitrogen and oxygen atoms in total. The van der Waals surface area contributed by atoms with Gasteiger partial charge in [-0.15, -0.1) is 12.1 Å². The molecule has 0 aliphatic rings. The first kappa shape index (κ1) is 16.6. The second-order valence-corrected chi connectivity index (χ2v) is 2.48. The Morgan fingerprint density at radius 1 is 1.36 bits per heavy atom. The van der Waals surface area contributed by atoms with Crippen molar-refractivity contribution >= 4 is 23.1 Å². The third-order valence-corrected chi connectivity index (χ3v) is 1.48. The van der Waals surface area contributed by atoms with E-state index in [2.05, 4.69) is 6.07 Å². The molecule has 1 aromatic carbocycles. The maximum atomic E-state index is 11.7. The van der Waals surface area contributed by atoms with Gasteiger partial charge in [0.2, 0.25) is 0 Å². The Morgan fingerprint density at radius 2 is 2.14 bits per heavy atom. The first-order valence-electron chi connectivity index (χ1n) is 4.08. The zero-order valence-electron chi connectivity index (χ0n) is 8.01. The zero-order valence-corrected chi connectivity index (χ0v) is 11.0. The van der Waals surface area contributed by atoms with E-state index in [9.17, 15) is 4.39 Å². The molecular formula is C10H12BrFMgO. The van der Waals surface area contributed by atoms with Gasteiger partial charge in [0.1, 0.15) is 0 Å². The minimum Gasteiger partial charge on any atom is -1.00 e. The summed E-state index contributed by atoms with van der Waals surface area (Å²) in [7, 11) is 0. The summed E-state index contributed by atoms with van der Waals surface area (Å²) in [4.78, 5) is 0. The number of hydrogen-bond donors (Lipinski definition) is 0. The molecular weight excluding hydrogens is 259 g/mol. The average molecular weight is 271 g/mol. The van der Waals surface area contributed by atoms with Crippen LogP contribution in [0.25, 0.3) is 0 Å². The second kappa shape index (κ2) is 11.3. The Kier molecular flexibility index (Phi) is 13.4. The summed E-state index contributed by atoms with van der Waals surface area (Å²) in [5, 5.41) is 0. The van der Waals surface area contributed by atoms with E-state index in [0.29, 0.717) is 13.0 Å². The fraction of sp³-hybridized carbons (Fsp3) is 0.400. The van der Waals surface area contributed by atoms with E-state index in [1.54, 1.807) is 6.07 Å². The topological polar surface area (TPSA) is 9.23 Å². The monoisotopic (exact) mass is 270 g/mol. The predicted octanol–water partition coefficient (Wildman–Crippen LogP) is -0.762. The first-order chi connectivity index (χ1) is 5.93. The zero-order chi connectivity index (χ0) is 8.65. The molecule has 0 heterocycles. The van der Waals surface area contributed by atoms with Gasteiger partial charge in [0, 0.05) is 5.75 Å². The van der Waals surface area contributed by atoms with Crippen molar-refractivity contribution in [3.05, 3.63) is 30.3 Å². The average Bonchev–Trinajstić information content (AvgIpc) is 2.14. The number of rotatable bonds is 5. The summed E-state index contributed by atoms with van der Waals surface area (Å²) < 4.78 is 17.0. The SMILES string of the molecule is FCCCCOc1c[c-]ccc1.[Br-].[Mg+2]. The van der Waals surface area contributed by atoms with Crippen molar-refractivity contribution in [1.82, 2.24) is 0 Å². The summed E-state index contributed by atoms with van der Waals surface area (Å²) in [6.07, 6.45) is 1.35.